The maximum absolute atomic E-state index is 13.8. The van der Waals surface area contributed by atoms with E-state index < -0.39 is 7.26 Å². The van der Waals surface area contributed by atoms with Crippen LogP contribution >= 0.6 is 7.26 Å². The van der Waals surface area contributed by atoms with E-state index in [0.29, 0.717) is 6.16 Å². The van der Waals surface area contributed by atoms with Crippen molar-refractivity contribution in [1.82, 2.24) is 0 Å². The Labute approximate surface area is 333 Å². The Hall–Kier alpha value is -5.94. The predicted octanol–water partition coefficient (Wildman–Crippen LogP) is 7.82. The summed E-state index contributed by atoms with van der Waals surface area (Å²) in [5, 5.41) is 14.4. The predicted molar refractivity (Wildman–Crippen MR) is 228 cm³/mol. The molecule has 7 heteroatoms. The van der Waals surface area contributed by atoms with E-state index in [1.165, 1.54) is 15.9 Å². The van der Waals surface area contributed by atoms with Crippen LogP contribution in [0.1, 0.15) is 5.56 Å². The Morgan fingerprint density at radius 2 is 1.02 bits per heavy atom. The maximum atomic E-state index is 13.8. The number of methoxy groups -OCH3 is 2. The van der Waals surface area contributed by atoms with Crippen LogP contribution in [0.2, 0.25) is 0 Å². The zero-order chi connectivity index (χ0) is 36.9. The molecular weight excluding hydrogens is 763 g/mol. The Kier molecular flexibility index (Phi) is 11.3. The van der Waals surface area contributed by atoms with Crippen LogP contribution in [0.4, 0.5) is 16.2 Å². The number of carbonyl (C=O) groups excluding carboxylic acids is 1. The van der Waals surface area contributed by atoms with Gasteiger partial charge in [0.1, 0.15) is 34.7 Å². The Morgan fingerprint density at radius 1 is 0.527 bits per heavy atom. The average molecular weight is 804 g/mol. The van der Waals surface area contributed by atoms with E-state index >= 15 is 0 Å². The minimum Gasteiger partial charge on any atom is -1.00 e. The summed E-state index contributed by atoms with van der Waals surface area (Å²) in [5.74, 6) is 1.49. The summed E-state index contributed by atoms with van der Waals surface area (Å²) in [7, 11) is 0.819. The molecule has 0 saturated heterocycles. The molecule has 0 aliphatic carbocycles. The first-order valence-corrected chi connectivity index (χ1v) is 19.9. The van der Waals surface area contributed by atoms with Gasteiger partial charge in [0, 0.05) is 22.9 Å². The number of ether oxygens (including phenoxy) is 2. The summed E-state index contributed by atoms with van der Waals surface area (Å²) in [6.45, 7) is 0. The lowest BCUT2D eigenvalue weighted by Gasteiger charge is -2.31. The molecule has 0 heterocycles. The molecule has 0 bridgehead atoms. The lowest BCUT2D eigenvalue weighted by molar-refractivity contribution is -0.0000139. The van der Waals surface area contributed by atoms with Crippen LogP contribution in [0.3, 0.4) is 0 Å². The summed E-state index contributed by atoms with van der Waals surface area (Å²) >= 11 is 0. The fourth-order valence-corrected chi connectivity index (χ4v) is 12.0. The van der Waals surface area contributed by atoms with Gasteiger partial charge in [0.25, 0.3) is 0 Å². The van der Waals surface area contributed by atoms with Gasteiger partial charge in [-0.1, -0.05) is 115 Å². The molecule has 0 spiro atoms. The zero-order valence-electron chi connectivity index (χ0n) is 30.6. The largest absolute Gasteiger partial charge is 1.00 e. The standard InChI is InChI=1S/C48H39N2O3P.BrH/c1-52-38-30-34(31-39(32-38)53-2)33-54(40-20-8-4-9-21-40,41-22-10-5-11-23-41)45-29-27-36-17-13-15-25-43(36)47(45)46-42-24-14-12-16-35(42)26-28-44(46)50-48(51)49-37-18-6-3-7-19-37;/h3-32H,33H2,1-2H3,(H-,49,50,51);1H. The fourth-order valence-electron chi connectivity index (χ4n) is 7.58. The van der Waals surface area contributed by atoms with E-state index in [-0.39, 0.29) is 23.0 Å². The van der Waals surface area contributed by atoms with Crippen LogP contribution in [0, 0.1) is 0 Å². The van der Waals surface area contributed by atoms with Crippen molar-refractivity contribution in [2.75, 3.05) is 24.9 Å². The summed E-state index contributed by atoms with van der Waals surface area (Å²) in [4.78, 5) is 13.8. The monoisotopic (exact) mass is 802 g/mol. The van der Waals surface area contributed by atoms with Crippen molar-refractivity contribution in [2.45, 2.75) is 6.16 Å². The van der Waals surface area contributed by atoms with E-state index in [9.17, 15) is 4.79 Å². The third-order valence-corrected chi connectivity index (χ3v) is 14.4. The Morgan fingerprint density at radius 3 is 1.58 bits per heavy atom. The summed E-state index contributed by atoms with van der Waals surface area (Å²) in [6.07, 6.45) is 0.696. The molecule has 0 aromatic heterocycles. The summed E-state index contributed by atoms with van der Waals surface area (Å²) < 4.78 is 11.6. The van der Waals surface area contributed by atoms with Gasteiger partial charge >= 0.3 is 6.03 Å². The quantitative estimate of drug-likeness (QED) is 0.139. The molecule has 2 amide bonds. The van der Waals surface area contributed by atoms with Crippen molar-refractivity contribution in [1.29, 1.82) is 0 Å². The molecule has 5 nitrogen and oxygen atoms in total. The number of amides is 2. The Bertz CT molecular complexity index is 2520. The number of halogens is 1. The van der Waals surface area contributed by atoms with Crippen molar-refractivity contribution < 1.29 is 31.2 Å². The highest BCUT2D eigenvalue weighted by molar-refractivity contribution is 7.95. The van der Waals surface area contributed by atoms with Crippen LogP contribution in [0.15, 0.2) is 182 Å². The summed E-state index contributed by atoms with van der Waals surface area (Å²) in [6, 6.07) is 62.9. The molecule has 0 aliphatic rings. The number of urea groups is 1. The minimum atomic E-state index is -2.57. The number of hydrogen-bond acceptors (Lipinski definition) is 3. The van der Waals surface area contributed by atoms with Crippen molar-refractivity contribution in [3.8, 4) is 22.6 Å². The highest BCUT2D eigenvalue weighted by Crippen LogP contribution is 2.61. The lowest BCUT2D eigenvalue weighted by atomic mass is 9.92. The molecule has 55 heavy (non-hydrogen) atoms. The van der Waals surface area contributed by atoms with Gasteiger partial charge in [-0.05, 0) is 87.8 Å². The molecular formula is C48H40BrN2O3P. The third-order valence-electron chi connectivity index (χ3n) is 10.0. The second-order valence-corrected chi connectivity index (χ2v) is 16.6. The smallest absolute Gasteiger partial charge is 0.323 e. The van der Waals surface area contributed by atoms with Gasteiger partial charge in [-0.15, -0.1) is 0 Å². The fraction of sp³-hybridized carbons (Fsp3) is 0.0625. The van der Waals surface area contributed by atoms with Crippen LogP contribution in [-0.4, -0.2) is 20.3 Å². The van der Waals surface area contributed by atoms with Crippen molar-refractivity contribution in [2.24, 2.45) is 0 Å². The van der Waals surface area contributed by atoms with Gasteiger partial charge < -0.3 is 37.1 Å². The van der Waals surface area contributed by atoms with Crippen LogP contribution in [0.5, 0.6) is 11.5 Å². The Balaban J connectivity index is 0.00000465. The van der Waals surface area contributed by atoms with Crippen molar-refractivity contribution in [3.05, 3.63) is 188 Å². The minimum absolute atomic E-state index is 0. The van der Waals surface area contributed by atoms with Crippen LogP contribution < -0.4 is 53.0 Å². The number of carbonyl (C=O) groups is 1. The normalized spacial score (nSPS) is 11.1. The molecule has 0 unspecified atom stereocenters. The van der Waals surface area contributed by atoms with Gasteiger partial charge in [0.15, 0.2) is 0 Å². The van der Waals surface area contributed by atoms with Crippen LogP contribution in [0.25, 0.3) is 32.7 Å². The highest BCUT2D eigenvalue weighted by Gasteiger charge is 2.48. The topological polar surface area (TPSA) is 59.6 Å². The number of para-hydroxylation sites is 1. The van der Waals surface area contributed by atoms with E-state index in [0.717, 1.165) is 61.1 Å². The van der Waals surface area contributed by atoms with Gasteiger partial charge in [-0.3, -0.25) is 0 Å². The summed E-state index contributed by atoms with van der Waals surface area (Å²) in [5.41, 5.74) is 4.61. The van der Waals surface area contributed by atoms with Gasteiger partial charge in [0.05, 0.1) is 26.1 Å². The molecule has 8 aromatic carbocycles. The first-order chi connectivity index (χ1) is 26.6. The highest BCUT2D eigenvalue weighted by atomic mass is 79.9. The number of anilines is 2. The van der Waals surface area contributed by atoms with E-state index in [2.05, 4.69) is 150 Å². The molecule has 0 radical (unpaired) electrons. The van der Waals surface area contributed by atoms with E-state index in [1.54, 1.807) is 14.2 Å². The number of benzene rings is 8. The first kappa shape index (κ1) is 37.4. The molecule has 8 aromatic rings. The number of rotatable bonds is 10. The first-order valence-electron chi connectivity index (χ1n) is 18.0. The molecule has 0 atom stereocenters. The average Bonchev–Trinajstić information content (AvgIpc) is 3.23. The van der Waals surface area contributed by atoms with Crippen molar-refractivity contribution >= 4 is 62.1 Å². The lowest BCUT2D eigenvalue weighted by Crippen LogP contribution is -3.00. The van der Waals surface area contributed by atoms with Crippen molar-refractivity contribution in [3.63, 3.8) is 0 Å². The second-order valence-electron chi connectivity index (χ2n) is 13.2. The van der Waals surface area contributed by atoms with Crippen LogP contribution in [-0.2, 0) is 6.16 Å². The molecule has 0 fully saturated rings. The van der Waals surface area contributed by atoms with Gasteiger partial charge in [-0.25, -0.2) is 4.79 Å². The molecule has 0 aliphatic heterocycles. The second kappa shape index (κ2) is 16.6. The van der Waals surface area contributed by atoms with E-state index in [1.807, 2.05) is 42.5 Å². The molecule has 8 rings (SSSR count). The SMILES string of the molecule is COc1cc(C[P+](c2ccccc2)(c2ccccc2)c2ccc3ccccc3c2-c2c(NC(=O)Nc3ccccc3)ccc3ccccc23)cc(OC)c1.[Br-]. The number of hydrogen-bond donors (Lipinski definition) is 2. The maximum Gasteiger partial charge on any atom is 0.323 e. The zero-order valence-corrected chi connectivity index (χ0v) is 33.1. The van der Waals surface area contributed by atoms with E-state index in [4.69, 9.17) is 9.47 Å². The molecule has 2 N–H and O–H groups in total. The molecule has 0 saturated carbocycles. The van der Waals surface area contributed by atoms with Gasteiger partial charge in [-0.2, -0.15) is 0 Å². The third kappa shape index (κ3) is 7.44. The number of nitrogens with one attached hydrogen (secondary N) is 2. The molecule has 272 valence electrons. The number of fused-ring (bicyclic) bond motifs is 2. The van der Waals surface area contributed by atoms with Gasteiger partial charge in [0.2, 0.25) is 0 Å².